The largest absolute Gasteiger partial charge is 0.311 e. The van der Waals surface area contributed by atoms with Crippen LogP contribution in [0.15, 0.2) is 236 Å². The molecule has 370 valence electrons. The SMILES string of the molecule is CC(C)(C)c1ccc(N(c2ccc3c(c2)CCC=C3)c2ccc3c(-c4cccc5ccccc45)c4cc(N(C5=CCC(C(C)(C)C)C=C5)c5ccc6ccccc6c5)ccc4c(-c4cccc5ccccc45)c3c2)cc1. The standard InChI is InChI=1S/C74H64N2/c1-73(2,3)55-31-37-57(38-32-55)75(59-35-29-49-17-7-9-21-53(49)45-59)61-41-43-67-69(47-61)71(65-27-15-23-51-19-11-13-25-63(51)65)68-44-42-62(48-70(68)72(67)66-28-16-24-52-20-12-14-26-64(52)66)76(58-39-33-56(34-40-58)74(4,5)6)60-36-30-50-18-8-10-22-54(50)46-60/h7-9,11-21,23-31,33-48,55H,10,22,32H2,1-6H3. The Morgan fingerprint density at radius 2 is 0.934 bits per heavy atom. The average molecular weight is 981 g/mol. The van der Waals surface area contributed by atoms with Crippen LogP contribution in [0.25, 0.3) is 82.2 Å². The molecule has 0 aliphatic heterocycles. The van der Waals surface area contributed by atoms with Gasteiger partial charge in [0.05, 0.1) is 0 Å². The van der Waals surface area contributed by atoms with Gasteiger partial charge in [-0.15, -0.1) is 0 Å². The number of anilines is 5. The molecule has 2 heteroatoms. The van der Waals surface area contributed by atoms with Gasteiger partial charge in [0, 0.05) is 34.1 Å². The minimum Gasteiger partial charge on any atom is -0.311 e. The van der Waals surface area contributed by atoms with Crippen LogP contribution < -0.4 is 9.80 Å². The summed E-state index contributed by atoms with van der Waals surface area (Å²) in [7, 11) is 0. The number of rotatable bonds is 8. The highest BCUT2D eigenvalue weighted by Crippen LogP contribution is 2.51. The lowest BCUT2D eigenvalue weighted by atomic mass is 9.77. The Morgan fingerprint density at radius 3 is 1.54 bits per heavy atom. The molecule has 2 aliphatic carbocycles. The Balaban J connectivity index is 1.13. The number of nitrogens with zero attached hydrogens (tertiary/aromatic N) is 2. The molecule has 0 N–H and O–H groups in total. The van der Waals surface area contributed by atoms with Crippen molar-refractivity contribution in [3.05, 3.63) is 253 Å². The highest BCUT2D eigenvalue weighted by atomic mass is 15.2. The van der Waals surface area contributed by atoms with Crippen molar-refractivity contribution in [2.75, 3.05) is 9.80 Å². The van der Waals surface area contributed by atoms with Gasteiger partial charge in [0.2, 0.25) is 0 Å². The molecule has 0 heterocycles. The number of allylic oxidation sites excluding steroid dienone is 4. The van der Waals surface area contributed by atoms with E-state index in [9.17, 15) is 0 Å². The summed E-state index contributed by atoms with van der Waals surface area (Å²) in [5.41, 5.74) is 16.0. The monoisotopic (exact) mass is 981 g/mol. The molecule has 0 saturated heterocycles. The summed E-state index contributed by atoms with van der Waals surface area (Å²) < 4.78 is 0. The number of benzene rings is 11. The molecule has 1 unspecified atom stereocenters. The van der Waals surface area contributed by atoms with E-state index in [-0.39, 0.29) is 10.8 Å². The predicted molar refractivity (Wildman–Crippen MR) is 329 cm³/mol. The number of fused-ring (bicyclic) bond motifs is 6. The number of aryl methyl sites for hydroxylation is 1. The summed E-state index contributed by atoms with van der Waals surface area (Å²) in [6, 6.07) is 78.1. The Morgan fingerprint density at radius 1 is 0.408 bits per heavy atom. The van der Waals surface area contributed by atoms with Crippen LogP contribution >= 0.6 is 0 Å². The highest BCUT2D eigenvalue weighted by molar-refractivity contribution is 6.26. The van der Waals surface area contributed by atoms with Crippen LogP contribution in [0, 0.1) is 11.3 Å². The van der Waals surface area contributed by atoms with Gasteiger partial charge < -0.3 is 9.80 Å². The van der Waals surface area contributed by atoms with Crippen LogP contribution in [0.1, 0.15) is 71.1 Å². The van der Waals surface area contributed by atoms with Gasteiger partial charge in [-0.3, -0.25) is 0 Å². The zero-order valence-corrected chi connectivity index (χ0v) is 44.6. The van der Waals surface area contributed by atoms with Crippen LogP contribution in [0.5, 0.6) is 0 Å². The van der Waals surface area contributed by atoms with Crippen molar-refractivity contribution >= 4 is 88.4 Å². The first-order chi connectivity index (χ1) is 36.9. The highest BCUT2D eigenvalue weighted by Gasteiger charge is 2.28. The maximum Gasteiger partial charge on any atom is 0.0468 e. The average Bonchev–Trinajstić information content (AvgIpc) is 3.47. The molecule has 1 atom stereocenters. The van der Waals surface area contributed by atoms with Crippen molar-refractivity contribution < 1.29 is 0 Å². The quantitative estimate of drug-likeness (QED) is 0.140. The molecule has 13 rings (SSSR count). The van der Waals surface area contributed by atoms with E-state index in [4.69, 9.17) is 0 Å². The minimum absolute atomic E-state index is 0.0304. The number of hydrogen-bond acceptors (Lipinski definition) is 2. The van der Waals surface area contributed by atoms with Gasteiger partial charge in [-0.1, -0.05) is 211 Å². The molecule has 11 aromatic carbocycles. The van der Waals surface area contributed by atoms with E-state index in [1.54, 1.807) is 0 Å². The first kappa shape index (κ1) is 47.3. The Labute approximate surface area is 448 Å². The van der Waals surface area contributed by atoms with Crippen molar-refractivity contribution in [2.24, 2.45) is 11.3 Å². The van der Waals surface area contributed by atoms with E-state index < -0.39 is 0 Å². The fourth-order valence-corrected chi connectivity index (χ4v) is 12.2. The molecule has 0 radical (unpaired) electrons. The molecule has 11 aromatic rings. The Kier molecular flexibility index (Phi) is 11.6. The van der Waals surface area contributed by atoms with E-state index in [1.165, 1.54) is 98.5 Å². The summed E-state index contributed by atoms with van der Waals surface area (Å²) in [6.07, 6.45) is 14.9. The normalized spacial score (nSPS) is 14.7. The van der Waals surface area contributed by atoms with E-state index in [1.807, 2.05) is 0 Å². The molecule has 0 amide bonds. The maximum absolute atomic E-state index is 2.50. The van der Waals surface area contributed by atoms with Crippen LogP contribution in [-0.2, 0) is 11.8 Å². The third-order valence-corrected chi connectivity index (χ3v) is 16.4. The molecule has 0 fully saturated rings. The molecule has 0 saturated carbocycles. The third-order valence-electron chi connectivity index (χ3n) is 16.4. The molecule has 0 bridgehead atoms. The van der Waals surface area contributed by atoms with Gasteiger partial charge in [0.25, 0.3) is 0 Å². The van der Waals surface area contributed by atoms with Crippen LogP contribution in [0.3, 0.4) is 0 Å². The second-order valence-electron chi connectivity index (χ2n) is 23.3. The van der Waals surface area contributed by atoms with Gasteiger partial charge >= 0.3 is 0 Å². The molecule has 76 heavy (non-hydrogen) atoms. The zero-order chi connectivity index (χ0) is 51.7. The number of hydrogen-bond donors (Lipinski definition) is 0. The second kappa shape index (κ2) is 18.7. The van der Waals surface area contributed by atoms with Crippen LogP contribution in [0.2, 0.25) is 0 Å². The summed E-state index contributed by atoms with van der Waals surface area (Å²) >= 11 is 0. The van der Waals surface area contributed by atoms with E-state index in [2.05, 4.69) is 288 Å². The zero-order valence-electron chi connectivity index (χ0n) is 44.6. The molecule has 2 aliphatic rings. The smallest absolute Gasteiger partial charge is 0.0468 e. The first-order valence-electron chi connectivity index (χ1n) is 27.3. The van der Waals surface area contributed by atoms with Crippen LogP contribution in [0.4, 0.5) is 28.4 Å². The molecular formula is C74H64N2. The second-order valence-corrected chi connectivity index (χ2v) is 23.3. The lowest BCUT2D eigenvalue weighted by Gasteiger charge is -2.33. The van der Waals surface area contributed by atoms with E-state index in [0.29, 0.717) is 5.92 Å². The lowest BCUT2D eigenvalue weighted by molar-refractivity contribution is 0.293. The van der Waals surface area contributed by atoms with Gasteiger partial charge in [-0.25, -0.2) is 0 Å². The van der Waals surface area contributed by atoms with Gasteiger partial charge in [0.1, 0.15) is 0 Å². The van der Waals surface area contributed by atoms with Gasteiger partial charge in [0.15, 0.2) is 0 Å². The van der Waals surface area contributed by atoms with E-state index in [0.717, 1.165) is 47.7 Å². The van der Waals surface area contributed by atoms with Crippen molar-refractivity contribution in [1.82, 2.24) is 0 Å². The predicted octanol–water partition coefficient (Wildman–Crippen LogP) is 21.2. The van der Waals surface area contributed by atoms with E-state index >= 15 is 0 Å². The third kappa shape index (κ3) is 8.47. The van der Waals surface area contributed by atoms with Crippen molar-refractivity contribution in [3.63, 3.8) is 0 Å². The Hall–Kier alpha value is -8.46. The van der Waals surface area contributed by atoms with Gasteiger partial charge in [-0.05, 0) is 196 Å². The summed E-state index contributed by atoms with van der Waals surface area (Å²) in [5, 5.41) is 12.2. The summed E-state index contributed by atoms with van der Waals surface area (Å²) in [5.74, 6) is 0.451. The minimum atomic E-state index is 0.0304. The first-order valence-corrected chi connectivity index (χ1v) is 27.3. The topological polar surface area (TPSA) is 6.48 Å². The molecule has 0 aromatic heterocycles. The lowest BCUT2D eigenvalue weighted by Crippen LogP contribution is -2.22. The fraction of sp³-hybridized carbons (Fsp3) is 0.162. The molecule has 0 spiro atoms. The van der Waals surface area contributed by atoms with Crippen molar-refractivity contribution in [1.29, 1.82) is 0 Å². The molecule has 2 nitrogen and oxygen atoms in total. The van der Waals surface area contributed by atoms with Gasteiger partial charge in [-0.2, -0.15) is 0 Å². The van der Waals surface area contributed by atoms with Crippen molar-refractivity contribution in [3.8, 4) is 22.3 Å². The van der Waals surface area contributed by atoms with Crippen molar-refractivity contribution in [2.45, 2.75) is 66.2 Å². The van der Waals surface area contributed by atoms with Crippen LogP contribution in [-0.4, -0.2) is 0 Å². The molecular weight excluding hydrogens is 917 g/mol. The fourth-order valence-electron chi connectivity index (χ4n) is 12.2. The summed E-state index contributed by atoms with van der Waals surface area (Å²) in [6.45, 7) is 14.0. The summed E-state index contributed by atoms with van der Waals surface area (Å²) in [4.78, 5) is 4.98. The Bertz CT molecular complexity index is 4160. The maximum atomic E-state index is 2.50.